The van der Waals surface area contributed by atoms with Gasteiger partial charge < -0.3 is 15.0 Å². The number of ether oxygens (including phenoxy) is 1. The first-order valence-electron chi connectivity index (χ1n) is 6.42. The molecule has 2 fully saturated rings. The number of carbonyl (C=O) groups is 1. The number of hydrogen-bond donors (Lipinski definition) is 1. The van der Waals surface area contributed by atoms with Gasteiger partial charge in [-0.05, 0) is 32.7 Å². The first kappa shape index (κ1) is 11.9. The first-order valence-corrected chi connectivity index (χ1v) is 6.42. The van der Waals surface area contributed by atoms with Gasteiger partial charge in [-0.15, -0.1) is 0 Å². The van der Waals surface area contributed by atoms with Crippen LogP contribution in [-0.2, 0) is 9.53 Å². The predicted octanol–water partition coefficient (Wildman–Crippen LogP) is 0.623. The summed E-state index contributed by atoms with van der Waals surface area (Å²) in [7, 11) is 0. The molecule has 0 aliphatic carbocycles. The van der Waals surface area contributed by atoms with Crippen LogP contribution in [0.2, 0.25) is 0 Å². The van der Waals surface area contributed by atoms with Crippen molar-refractivity contribution in [3.8, 4) is 0 Å². The topological polar surface area (TPSA) is 41.6 Å². The molecule has 0 bridgehead atoms. The predicted molar refractivity (Wildman–Crippen MR) is 62.2 cm³/mol. The highest BCUT2D eigenvalue weighted by Crippen LogP contribution is 2.22. The molecule has 1 amide bonds. The second-order valence-electron chi connectivity index (χ2n) is 4.68. The molecule has 2 heterocycles. The second-order valence-corrected chi connectivity index (χ2v) is 4.68. The second kappa shape index (κ2) is 5.64. The summed E-state index contributed by atoms with van der Waals surface area (Å²) in [5.74, 6) is 0.550. The molecule has 0 radical (unpaired) electrons. The molecule has 2 aliphatic heterocycles. The minimum absolute atomic E-state index is 0.210. The number of carbonyl (C=O) groups excluding carboxylic acids is 1. The van der Waals surface area contributed by atoms with Gasteiger partial charge in [-0.25, -0.2) is 0 Å². The Morgan fingerprint density at radius 3 is 3.06 bits per heavy atom. The lowest BCUT2D eigenvalue weighted by Gasteiger charge is -2.26. The zero-order chi connectivity index (χ0) is 11.4. The van der Waals surface area contributed by atoms with E-state index in [1.54, 1.807) is 0 Å². The van der Waals surface area contributed by atoms with E-state index in [2.05, 4.69) is 5.32 Å². The molecule has 92 valence electrons. The number of amides is 1. The average Bonchev–Trinajstić information content (AvgIpc) is 2.96. The summed E-state index contributed by atoms with van der Waals surface area (Å²) in [6.45, 7) is 6.22. The van der Waals surface area contributed by atoms with E-state index in [4.69, 9.17) is 4.74 Å². The monoisotopic (exact) mass is 226 g/mol. The molecule has 0 saturated carbocycles. The Kier molecular flexibility index (Phi) is 4.18. The highest BCUT2D eigenvalue weighted by molar-refractivity contribution is 5.80. The van der Waals surface area contributed by atoms with Gasteiger partial charge in [-0.1, -0.05) is 0 Å². The zero-order valence-corrected chi connectivity index (χ0v) is 10.1. The van der Waals surface area contributed by atoms with Crippen molar-refractivity contribution >= 4 is 5.91 Å². The summed E-state index contributed by atoms with van der Waals surface area (Å²) >= 11 is 0. The standard InChI is InChI=1S/C12H22N2O2/c1-2-16-9-11-4-3-7-14(11)12(15)10-5-6-13-8-10/h10-11,13H,2-9H2,1H3/t10-,11-/m0/s1. The van der Waals surface area contributed by atoms with Gasteiger partial charge in [0.25, 0.3) is 0 Å². The number of likely N-dealkylation sites (tertiary alicyclic amines) is 1. The molecule has 0 spiro atoms. The Hall–Kier alpha value is -0.610. The fourth-order valence-electron chi connectivity index (χ4n) is 2.65. The Morgan fingerprint density at radius 2 is 2.38 bits per heavy atom. The minimum atomic E-state index is 0.210. The summed E-state index contributed by atoms with van der Waals surface area (Å²) in [6.07, 6.45) is 3.23. The average molecular weight is 226 g/mol. The van der Waals surface area contributed by atoms with Crippen LogP contribution in [0.1, 0.15) is 26.2 Å². The maximum Gasteiger partial charge on any atom is 0.227 e. The van der Waals surface area contributed by atoms with Crippen molar-refractivity contribution < 1.29 is 9.53 Å². The van der Waals surface area contributed by atoms with Gasteiger partial charge in [0.05, 0.1) is 18.6 Å². The Bertz CT molecular complexity index is 239. The molecule has 16 heavy (non-hydrogen) atoms. The van der Waals surface area contributed by atoms with E-state index < -0.39 is 0 Å². The van der Waals surface area contributed by atoms with E-state index in [0.717, 1.165) is 45.5 Å². The largest absolute Gasteiger partial charge is 0.380 e. The molecule has 4 heteroatoms. The van der Waals surface area contributed by atoms with E-state index >= 15 is 0 Å². The Labute approximate surface area is 97.3 Å². The van der Waals surface area contributed by atoms with Crippen LogP contribution in [-0.4, -0.2) is 49.7 Å². The Balaban J connectivity index is 1.88. The summed E-state index contributed by atoms with van der Waals surface area (Å²) in [6, 6.07) is 0.327. The molecule has 0 aromatic carbocycles. The number of rotatable bonds is 4. The molecule has 1 N–H and O–H groups in total. The lowest BCUT2D eigenvalue weighted by atomic mass is 10.1. The van der Waals surface area contributed by atoms with Crippen LogP contribution in [0.4, 0.5) is 0 Å². The highest BCUT2D eigenvalue weighted by atomic mass is 16.5. The molecule has 0 aromatic rings. The van der Waals surface area contributed by atoms with Gasteiger partial charge in [-0.3, -0.25) is 4.79 Å². The number of nitrogens with one attached hydrogen (secondary N) is 1. The summed E-state index contributed by atoms with van der Waals surface area (Å²) in [5, 5.41) is 3.26. The smallest absolute Gasteiger partial charge is 0.227 e. The number of nitrogens with zero attached hydrogens (tertiary/aromatic N) is 1. The van der Waals surface area contributed by atoms with Crippen LogP contribution in [0.15, 0.2) is 0 Å². The van der Waals surface area contributed by atoms with E-state index in [0.29, 0.717) is 18.6 Å². The van der Waals surface area contributed by atoms with E-state index in [1.165, 1.54) is 0 Å². The van der Waals surface area contributed by atoms with Gasteiger partial charge >= 0.3 is 0 Å². The SMILES string of the molecule is CCOC[C@@H]1CCCN1C(=O)[C@H]1CCNC1. The third kappa shape index (κ3) is 2.55. The Morgan fingerprint density at radius 1 is 1.50 bits per heavy atom. The van der Waals surface area contributed by atoms with Crippen LogP contribution < -0.4 is 5.32 Å². The lowest BCUT2D eigenvalue weighted by molar-refractivity contribution is -0.136. The van der Waals surface area contributed by atoms with Crippen LogP contribution in [0.25, 0.3) is 0 Å². The fraction of sp³-hybridized carbons (Fsp3) is 0.917. The van der Waals surface area contributed by atoms with Crippen LogP contribution in [0.5, 0.6) is 0 Å². The summed E-state index contributed by atoms with van der Waals surface area (Å²) in [4.78, 5) is 14.3. The van der Waals surface area contributed by atoms with Gasteiger partial charge in [0, 0.05) is 19.7 Å². The van der Waals surface area contributed by atoms with Crippen molar-refractivity contribution in [2.75, 3.05) is 32.8 Å². The summed E-state index contributed by atoms with van der Waals surface area (Å²) < 4.78 is 5.45. The van der Waals surface area contributed by atoms with E-state index in [1.807, 2.05) is 11.8 Å². The van der Waals surface area contributed by atoms with Gasteiger partial charge in [0.15, 0.2) is 0 Å². The van der Waals surface area contributed by atoms with Gasteiger partial charge in [0.2, 0.25) is 5.91 Å². The zero-order valence-electron chi connectivity index (χ0n) is 10.1. The van der Waals surface area contributed by atoms with Crippen LogP contribution >= 0.6 is 0 Å². The van der Waals surface area contributed by atoms with Crippen molar-refractivity contribution in [3.63, 3.8) is 0 Å². The molecule has 2 atom stereocenters. The fourth-order valence-corrected chi connectivity index (χ4v) is 2.65. The van der Waals surface area contributed by atoms with Gasteiger partial charge in [-0.2, -0.15) is 0 Å². The quantitative estimate of drug-likeness (QED) is 0.764. The molecule has 0 unspecified atom stereocenters. The molecular formula is C12H22N2O2. The first-order chi connectivity index (χ1) is 7.83. The maximum absolute atomic E-state index is 12.3. The molecule has 0 aromatic heterocycles. The lowest BCUT2D eigenvalue weighted by Crippen LogP contribution is -2.42. The van der Waals surface area contributed by atoms with Crippen molar-refractivity contribution in [1.29, 1.82) is 0 Å². The van der Waals surface area contributed by atoms with Crippen molar-refractivity contribution in [3.05, 3.63) is 0 Å². The molecule has 4 nitrogen and oxygen atoms in total. The molecule has 2 rings (SSSR count). The van der Waals surface area contributed by atoms with E-state index in [9.17, 15) is 4.79 Å². The van der Waals surface area contributed by atoms with E-state index in [-0.39, 0.29) is 5.92 Å². The van der Waals surface area contributed by atoms with Gasteiger partial charge in [0.1, 0.15) is 0 Å². The highest BCUT2D eigenvalue weighted by Gasteiger charge is 2.34. The van der Waals surface area contributed by atoms with Crippen LogP contribution in [0, 0.1) is 5.92 Å². The minimum Gasteiger partial charge on any atom is -0.380 e. The normalized spacial score (nSPS) is 29.9. The number of hydrogen-bond acceptors (Lipinski definition) is 3. The maximum atomic E-state index is 12.3. The third-order valence-electron chi connectivity index (χ3n) is 3.58. The molecule has 2 saturated heterocycles. The van der Waals surface area contributed by atoms with Crippen LogP contribution in [0.3, 0.4) is 0 Å². The van der Waals surface area contributed by atoms with Crippen molar-refractivity contribution in [2.45, 2.75) is 32.2 Å². The molecule has 2 aliphatic rings. The van der Waals surface area contributed by atoms with Crippen molar-refractivity contribution in [1.82, 2.24) is 10.2 Å². The summed E-state index contributed by atoms with van der Waals surface area (Å²) in [5.41, 5.74) is 0. The molecular weight excluding hydrogens is 204 g/mol. The van der Waals surface area contributed by atoms with Crippen molar-refractivity contribution in [2.24, 2.45) is 5.92 Å². The third-order valence-corrected chi connectivity index (χ3v) is 3.58.